The number of carboxylic acids is 1. The average Bonchev–Trinajstić information content (AvgIpc) is 2.38. The molecule has 0 aliphatic rings. The number of aromatic nitrogens is 1. The third kappa shape index (κ3) is 3.03. The first-order valence-electron chi connectivity index (χ1n) is 6.49. The molecule has 0 fully saturated rings. The molecule has 1 aromatic heterocycles. The second-order valence-corrected chi connectivity index (χ2v) is 4.95. The number of pyridine rings is 1. The van der Waals surface area contributed by atoms with Gasteiger partial charge in [0, 0.05) is 17.8 Å². The summed E-state index contributed by atoms with van der Waals surface area (Å²) in [6.45, 7) is 4.07. The normalized spacial score (nSPS) is 12.2. The topological polar surface area (TPSA) is 76.2 Å². The van der Waals surface area contributed by atoms with Gasteiger partial charge in [-0.25, -0.2) is 0 Å². The number of carboxylic acid groups (broad SMARTS) is 1. The minimum atomic E-state index is -0.900. The van der Waals surface area contributed by atoms with E-state index in [9.17, 15) is 4.79 Å². The smallest absolute Gasteiger partial charge is 0.305 e. The van der Waals surface area contributed by atoms with E-state index in [1.54, 1.807) is 12.3 Å². The van der Waals surface area contributed by atoms with Gasteiger partial charge >= 0.3 is 5.97 Å². The summed E-state index contributed by atoms with van der Waals surface area (Å²) >= 11 is 0. The van der Waals surface area contributed by atoms with Crippen molar-refractivity contribution in [3.05, 3.63) is 53.2 Å². The molecule has 0 spiro atoms. The van der Waals surface area contributed by atoms with E-state index in [-0.39, 0.29) is 6.42 Å². The zero-order chi connectivity index (χ0) is 14.7. The summed E-state index contributed by atoms with van der Waals surface area (Å²) in [4.78, 5) is 15.1. The van der Waals surface area contributed by atoms with Gasteiger partial charge < -0.3 is 10.8 Å². The lowest BCUT2D eigenvalue weighted by atomic mass is 9.97. The van der Waals surface area contributed by atoms with Crippen LogP contribution in [-0.2, 0) is 4.79 Å². The molecule has 4 nitrogen and oxygen atoms in total. The average molecular weight is 270 g/mol. The molecule has 0 saturated carbocycles. The van der Waals surface area contributed by atoms with Crippen molar-refractivity contribution in [3.8, 4) is 11.3 Å². The minimum absolute atomic E-state index is 0.0871. The maximum absolute atomic E-state index is 10.8. The summed E-state index contributed by atoms with van der Waals surface area (Å²) in [5.41, 5.74) is 10.9. The Hall–Kier alpha value is -2.20. The fraction of sp³-hybridized carbons (Fsp3) is 0.250. The number of nitrogens with zero attached hydrogens (tertiary/aromatic N) is 1. The molecule has 2 aromatic rings. The second-order valence-electron chi connectivity index (χ2n) is 4.95. The number of nitrogens with two attached hydrogens (primary N) is 1. The van der Waals surface area contributed by atoms with E-state index in [1.807, 2.05) is 38.1 Å². The fourth-order valence-electron chi connectivity index (χ4n) is 2.34. The number of carbonyl (C=O) groups is 1. The van der Waals surface area contributed by atoms with E-state index in [2.05, 4.69) is 4.98 Å². The van der Waals surface area contributed by atoms with Gasteiger partial charge in [0.2, 0.25) is 0 Å². The molecule has 104 valence electrons. The SMILES string of the molecule is Cc1cccc(C)c1-c1cc([C@@H](N)CC(=O)O)ccn1. The Morgan fingerprint density at radius 2 is 1.95 bits per heavy atom. The summed E-state index contributed by atoms with van der Waals surface area (Å²) < 4.78 is 0. The second kappa shape index (κ2) is 5.84. The van der Waals surface area contributed by atoms with Gasteiger partial charge in [-0.3, -0.25) is 9.78 Å². The molecular formula is C16H18N2O2. The first-order chi connectivity index (χ1) is 9.49. The van der Waals surface area contributed by atoms with Gasteiger partial charge in [0.25, 0.3) is 0 Å². The summed E-state index contributed by atoms with van der Waals surface area (Å²) in [5.74, 6) is -0.900. The van der Waals surface area contributed by atoms with Gasteiger partial charge in [0.1, 0.15) is 0 Å². The largest absolute Gasteiger partial charge is 0.481 e. The molecular weight excluding hydrogens is 252 g/mol. The van der Waals surface area contributed by atoms with Crippen molar-refractivity contribution in [3.63, 3.8) is 0 Å². The Kier molecular flexibility index (Phi) is 4.15. The summed E-state index contributed by atoms with van der Waals surface area (Å²) in [7, 11) is 0. The van der Waals surface area contributed by atoms with Gasteiger partial charge in [-0.2, -0.15) is 0 Å². The summed E-state index contributed by atoms with van der Waals surface area (Å²) in [5, 5.41) is 8.82. The zero-order valence-corrected chi connectivity index (χ0v) is 11.6. The van der Waals surface area contributed by atoms with Crippen LogP contribution in [0.25, 0.3) is 11.3 Å². The Bertz CT molecular complexity index is 618. The zero-order valence-electron chi connectivity index (χ0n) is 11.6. The summed E-state index contributed by atoms with van der Waals surface area (Å²) in [6, 6.07) is 9.21. The molecule has 1 heterocycles. The lowest BCUT2D eigenvalue weighted by Crippen LogP contribution is -2.15. The van der Waals surface area contributed by atoms with Crippen LogP contribution < -0.4 is 5.73 Å². The highest BCUT2D eigenvalue weighted by molar-refractivity contribution is 5.69. The number of aliphatic carboxylic acids is 1. The molecule has 0 amide bonds. The number of benzene rings is 1. The van der Waals surface area contributed by atoms with E-state index in [0.717, 1.165) is 27.9 Å². The minimum Gasteiger partial charge on any atom is -0.481 e. The van der Waals surface area contributed by atoms with Gasteiger partial charge in [-0.1, -0.05) is 18.2 Å². The van der Waals surface area contributed by atoms with Crippen LogP contribution in [0.15, 0.2) is 36.5 Å². The van der Waals surface area contributed by atoms with Gasteiger partial charge in [0.05, 0.1) is 12.1 Å². The third-order valence-corrected chi connectivity index (χ3v) is 3.34. The van der Waals surface area contributed by atoms with Gasteiger partial charge in [-0.15, -0.1) is 0 Å². The Labute approximate surface area is 118 Å². The first kappa shape index (κ1) is 14.2. The highest BCUT2D eigenvalue weighted by Crippen LogP contribution is 2.27. The van der Waals surface area contributed by atoms with Crippen LogP contribution in [0, 0.1) is 13.8 Å². The molecule has 1 aromatic carbocycles. The van der Waals surface area contributed by atoms with Crippen molar-refractivity contribution in [2.75, 3.05) is 0 Å². The van der Waals surface area contributed by atoms with Crippen LogP contribution in [0.3, 0.4) is 0 Å². The van der Waals surface area contributed by atoms with E-state index in [0.29, 0.717) is 0 Å². The van der Waals surface area contributed by atoms with Crippen LogP contribution in [0.2, 0.25) is 0 Å². The number of hydrogen-bond donors (Lipinski definition) is 2. The molecule has 0 bridgehead atoms. The predicted molar refractivity (Wildman–Crippen MR) is 78.3 cm³/mol. The molecule has 3 N–H and O–H groups in total. The first-order valence-corrected chi connectivity index (χ1v) is 6.49. The lowest BCUT2D eigenvalue weighted by molar-refractivity contribution is -0.137. The number of hydrogen-bond acceptors (Lipinski definition) is 3. The molecule has 2 rings (SSSR count). The van der Waals surface area contributed by atoms with E-state index >= 15 is 0 Å². The third-order valence-electron chi connectivity index (χ3n) is 3.34. The Balaban J connectivity index is 2.42. The summed E-state index contributed by atoms with van der Waals surface area (Å²) in [6.07, 6.45) is 1.59. The van der Waals surface area contributed by atoms with Crippen LogP contribution in [0.1, 0.15) is 29.2 Å². The number of aryl methyl sites for hydroxylation is 2. The van der Waals surface area contributed by atoms with Crippen LogP contribution in [0.4, 0.5) is 0 Å². The van der Waals surface area contributed by atoms with Crippen LogP contribution >= 0.6 is 0 Å². The van der Waals surface area contributed by atoms with Crippen molar-refractivity contribution in [2.24, 2.45) is 5.73 Å². The molecule has 0 aliphatic carbocycles. The molecule has 0 aliphatic heterocycles. The highest BCUT2D eigenvalue weighted by Gasteiger charge is 2.13. The highest BCUT2D eigenvalue weighted by atomic mass is 16.4. The van der Waals surface area contributed by atoms with Crippen LogP contribution in [-0.4, -0.2) is 16.1 Å². The van der Waals surface area contributed by atoms with Crippen molar-refractivity contribution >= 4 is 5.97 Å². The number of rotatable bonds is 4. The van der Waals surface area contributed by atoms with Gasteiger partial charge in [0.15, 0.2) is 0 Å². The molecule has 4 heteroatoms. The van der Waals surface area contributed by atoms with Gasteiger partial charge in [-0.05, 0) is 42.7 Å². The fourth-order valence-corrected chi connectivity index (χ4v) is 2.34. The Morgan fingerprint density at radius 3 is 2.55 bits per heavy atom. The standard InChI is InChI=1S/C16H18N2O2/c1-10-4-3-5-11(2)16(10)14-8-12(6-7-18-14)13(17)9-15(19)20/h3-8,13H,9,17H2,1-2H3,(H,19,20)/t13-/m0/s1. The van der Waals surface area contributed by atoms with Crippen molar-refractivity contribution in [2.45, 2.75) is 26.3 Å². The molecule has 1 atom stereocenters. The van der Waals surface area contributed by atoms with E-state index in [1.165, 1.54) is 0 Å². The predicted octanol–water partition coefficient (Wildman–Crippen LogP) is 2.84. The quantitative estimate of drug-likeness (QED) is 0.895. The van der Waals surface area contributed by atoms with Crippen molar-refractivity contribution < 1.29 is 9.90 Å². The monoisotopic (exact) mass is 270 g/mol. The van der Waals surface area contributed by atoms with E-state index in [4.69, 9.17) is 10.8 Å². The molecule has 0 unspecified atom stereocenters. The van der Waals surface area contributed by atoms with Crippen LogP contribution in [0.5, 0.6) is 0 Å². The maximum atomic E-state index is 10.8. The molecule has 0 saturated heterocycles. The molecule has 20 heavy (non-hydrogen) atoms. The lowest BCUT2D eigenvalue weighted by Gasteiger charge is -2.13. The van der Waals surface area contributed by atoms with Crippen molar-refractivity contribution in [1.29, 1.82) is 0 Å². The van der Waals surface area contributed by atoms with Crippen molar-refractivity contribution in [1.82, 2.24) is 4.98 Å². The maximum Gasteiger partial charge on any atom is 0.305 e. The molecule has 0 radical (unpaired) electrons. The Morgan fingerprint density at radius 1 is 1.30 bits per heavy atom. The van der Waals surface area contributed by atoms with E-state index < -0.39 is 12.0 Å².